The summed E-state index contributed by atoms with van der Waals surface area (Å²) in [5.74, 6) is -0.0509. The summed E-state index contributed by atoms with van der Waals surface area (Å²) in [5.41, 5.74) is 0. The van der Waals surface area contributed by atoms with E-state index in [1.54, 1.807) is 13.0 Å². The minimum Gasteiger partial charge on any atom is -0.390 e. The van der Waals surface area contributed by atoms with Gasteiger partial charge in [-0.15, -0.1) is 29.8 Å². The predicted octanol–water partition coefficient (Wildman–Crippen LogP) is 1.97. The third kappa shape index (κ3) is 3.09. The van der Waals surface area contributed by atoms with E-state index in [2.05, 4.69) is 6.58 Å². The van der Waals surface area contributed by atoms with Gasteiger partial charge in [0.2, 0.25) is 0 Å². The molecule has 0 saturated carbocycles. The lowest BCUT2D eigenvalue weighted by molar-refractivity contribution is 0.151. The van der Waals surface area contributed by atoms with Crippen LogP contribution in [0.3, 0.4) is 0 Å². The molecule has 1 N–H and O–H groups in total. The van der Waals surface area contributed by atoms with Crippen LogP contribution >= 0.6 is 23.2 Å². The van der Waals surface area contributed by atoms with Crippen LogP contribution in [0, 0.1) is 5.92 Å². The Morgan fingerprint density at radius 2 is 2.00 bits per heavy atom. The van der Waals surface area contributed by atoms with E-state index in [0.717, 1.165) is 0 Å². The standard InChI is InChI=1S/C6H10Cl2O/c1-3-4(2)5(9)6(7)8/h3-6,9H,1H2,2H3/t4-,5+/m0/s1. The quantitative estimate of drug-likeness (QED) is 0.505. The number of aliphatic hydroxyl groups is 1. The summed E-state index contributed by atoms with van der Waals surface area (Å²) in [6.45, 7) is 5.29. The van der Waals surface area contributed by atoms with Gasteiger partial charge >= 0.3 is 0 Å². The molecule has 0 heterocycles. The number of rotatable bonds is 3. The number of halogens is 2. The molecule has 0 aromatic heterocycles. The maximum atomic E-state index is 9.06. The predicted molar refractivity (Wildman–Crippen MR) is 40.9 cm³/mol. The second kappa shape index (κ2) is 4.15. The maximum absolute atomic E-state index is 9.06. The Morgan fingerprint density at radius 3 is 2.11 bits per heavy atom. The fourth-order valence-electron chi connectivity index (χ4n) is 0.369. The van der Waals surface area contributed by atoms with Crippen LogP contribution in [0.25, 0.3) is 0 Å². The molecule has 0 fully saturated rings. The van der Waals surface area contributed by atoms with Gasteiger partial charge in [-0.25, -0.2) is 0 Å². The molecule has 0 bridgehead atoms. The molecule has 0 radical (unpaired) electrons. The minimum atomic E-state index is -0.724. The van der Waals surface area contributed by atoms with Crippen LogP contribution in [0.2, 0.25) is 0 Å². The Kier molecular flexibility index (Phi) is 4.28. The van der Waals surface area contributed by atoms with Crippen molar-refractivity contribution in [1.82, 2.24) is 0 Å². The number of hydrogen-bond donors (Lipinski definition) is 1. The van der Waals surface area contributed by atoms with Crippen molar-refractivity contribution in [2.45, 2.75) is 17.9 Å². The van der Waals surface area contributed by atoms with Crippen molar-refractivity contribution in [2.24, 2.45) is 5.92 Å². The molecule has 0 aliphatic carbocycles. The van der Waals surface area contributed by atoms with E-state index >= 15 is 0 Å². The molecule has 1 nitrogen and oxygen atoms in total. The Balaban J connectivity index is 3.71. The third-order valence-corrected chi connectivity index (χ3v) is 1.68. The molecule has 54 valence electrons. The van der Waals surface area contributed by atoms with Gasteiger partial charge in [0.15, 0.2) is 0 Å². The fraction of sp³-hybridized carbons (Fsp3) is 0.667. The van der Waals surface area contributed by atoms with Gasteiger partial charge in [-0.05, 0) is 0 Å². The highest BCUT2D eigenvalue weighted by Gasteiger charge is 2.17. The van der Waals surface area contributed by atoms with Crippen molar-refractivity contribution < 1.29 is 5.11 Å². The zero-order valence-electron chi connectivity index (χ0n) is 5.22. The summed E-state index contributed by atoms with van der Waals surface area (Å²) >= 11 is 10.7. The molecule has 0 aliphatic rings. The van der Waals surface area contributed by atoms with Crippen molar-refractivity contribution in [2.75, 3.05) is 0 Å². The van der Waals surface area contributed by atoms with E-state index in [9.17, 15) is 0 Å². The average Bonchev–Trinajstić information content (AvgIpc) is 1.84. The first-order chi connectivity index (χ1) is 4.09. The monoisotopic (exact) mass is 168 g/mol. The molecular formula is C6H10Cl2O. The van der Waals surface area contributed by atoms with Gasteiger partial charge in [-0.3, -0.25) is 0 Å². The lowest BCUT2D eigenvalue weighted by atomic mass is 10.1. The third-order valence-electron chi connectivity index (χ3n) is 1.17. The molecule has 0 rings (SSSR count). The molecule has 0 unspecified atom stereocenters. The van der Waals surface area contributed by atoms with Crippen LogP contribution in [0.4, 0.5) is 0 Å². The Morgan fingerprint density at radius 1 is 1.56 bits per heavy atom. The molecule has 3 heteroatoms. The fourth-order valence-corrected chi connectivity index (χ4v) is 0.828. The van der Waals surface area contributed by atoms with Crippen molar-refractivity contribution in [3.05, 3.63) is 12.7 Å². The van der Waals surface area contributed by atoms with Crippen molar-refractivity contribution in [1.29, 1.82) is 0 Å². The van der Waals surface area contributed by atoms with E-state index in [1.165, 1.54) is 0 Å². The summed E-state index contributed by atoms with van der Waals surface area (Å²) in [4.78, 5) is -0.724. The molecule has 2 atom stereocenters. The molecule has 0 amide bonds. The van der Waals surface area contributed by atoms with Crippen LogP contribution in [0.1, 0.15) is 6.92 Å². The first-order valence-corrected chi connectivity index (χ1v) is 3.55. The lowest BCUT2D eigenvalue weighted by Crippen LogP contribution is -2.22. The number of aliphatic hydroxyl groups excluding tert-OH is 1. The number of alkyl halides is 2. The molecule has 0 aromatic carbocycles. The van der Waals surface area contributed by atoms with Gasteiger partial charge in [0.05, 0.1) is 6.10 Å². The van der Waals surface area contributed by atoms with Crippen molar-refractivity contribution in [3.8, 4) is 0 Å². The highest BCUT2D eigenvalue weighted by molar-refractivity contribution is 6.44. The lowest BCUT2D eigenvalue weighted by Gasteiger charge is -2.14. The van der Waals surface area contributed by atoms with Gasteiger partial charge in [-0.1, -0.05) is 13.0 Å². The molecule has 9 heavy (non-hydrogen) atoms. The van der Waals surface area contributed by atoms with Gasteiger partial charge in [0.1, 0.15) is 4.84 Å². The number of hydrogen-bond acceptors (Lipinski definition) is 1. The Labute approximate surface area is 65.3 Å². The summed E-state index contributed by atoms with van der Waals surface area (Å²) in [7, 11) is 0. The van der Waals surface area contributed by atoms with Gasteiger partial charge in [-0.2, -0.15) is 0 Å². The first kappa shape index (κ1) is 9.28. The highest BCUT2D eigenvalue weighted by Crippen LogP contribution is 2.15. The van der Waals surface area contributed by atoms with Gasteiger partial charge in [0.25, 0.3) is 0 Å². The second-order valence-electron chi connectivity index (χ2n) is 1.92. The van der Waals surface area contributed by atoms with Crippen LogP contribution in [0.15, 0.2) is 12.7 Å². The van der Waals surface area contributed by atoms with E-state index < -0.39 is 10.9 Å². The minimum absolute atomic E-state index is 0.0509. The molecular weight excluding hydrogens is 159 g/mol. The van der Waals surface area contributed by atoms with Crippen LogP contribution in [-0.4, -0.2) is 16.0 Å². The summed E-state index contributed by atoms with van der Waals surface area (Å²) in [6.07, 6.45) is 0.911. The Hall–Kier alpha value is 0.280. The molecule has 0 aliphatic heterocycles. The summed E-state index contributed by atoms with van der Waals surface area (Å²) < 4.78 is 0. The average molecular weight is 169 g/mol. The topological polar surface area (TPSA) is 20.2 Å². The van der Waals surface area contributed by atoms with Crippen molar-refractivity contribution in [3.63, 3.8) is 0 Å². The molecule has 0 saturated heterocycles. The van der Waals surface area contributed by atoms with Crippen LogP contribution < -0.4 is 0 Å². The second-order valence-corrected chi connectivity index (χ2v) is 3.08. The SMILES string of the molecule is C=C[C@H](C)[C@@H](O)C(Cl)Cl. The summed E-state index contributed by atoms with van der Waals surface area (Å²) in [6, 6.07) is 0. The van der Waals surface area contributed by atoms with E-state index in [4.69, 9.17) is 28.3 Å². The molecule has 0 spiro atoms. The van der Waals surface area contributed by atoms with E-state index in [0.29, 0.717) is 0 Å². The van der Waals surface area contributed by atoms with Crippen molar-refractivity contribution >= 4 is 23.2 Å². The normalized spacial score (nSPS) is 17.4. The summed E-state index contributed by atoms with van der Waals surface area (Å²) in [5, 5.41) is 9.06. The first-order valence-electron chi connectivity index (χ1n) is 2.68. The zero-order chi connectivity index (χ0) is 7.44. The maximum Gasteiger partial charge on any atom is 0.134 e. The van der Waals surface area contributed by atoms with Gasteiger partial charge in [0, 0.05) is 5.92 Å². The van der Waals surface area contributed by atoms with Crippen LogP contribution in [-0.2, 0) is 0 Å². The highest BCUT2D eigenvalue weighted by atomic mass is 35.5. The zero-order valence-corrected chi connectivity index (χ0v) is 6.73. The van der Waals surface area contributed by atoms with Gasteiger partial charge < -0.3 is 5.11 Å². The smallest absolute Gasteiger partial charge is 0.134 e. The van der Waals surface area contributed by atoms with Crippen LogP contribution in [0.5, 0.6) is 0 Å². The van der Waals surface area contributed by atoms with E-state index in [-0.39, 0.29) is 5.92 Å². The van der Waals surface area contributed by atoms with E-state index in [1.807, 2.05) is 0 Å². The largest absolute Gasteiger partial charge is 0.390 e. The Bertz CT molecular complexity index is 93.1. The molecule has 0 aromatic rings.